The number of carboxylic acids is 1. The lowest BCUT2D eigenvalue weighted by atomic mass is 9.99. The normalized spacial score (nSPS) is 19.5. The number of methoxy groups -OCH3 is 1. The molecule has 0 bridgehead atoms. The Morgan fingerprint density at radius 3 is 2.23 bits per heavy atom. The topological polar surface area (TPSA) is 326 Å². The van der Waals surface area contributed by atoms with E-state index in [2.05, 4.69) is 47.6 Å². The summed E-state index contributed by atoms with van der Waals surface area (Å²) in [6.45, 7) is 9.31. The van der Waals surface area contributed by atoms with Crippen LogP contribution in [0.5, 0.6) is 5.75 Å². The Balaban J connectivity index is 0.938. The highest BCUT2D eigenvalue weighted by Crippen LogP contribution is 2.30. The standard InChI is InChI=1S/C54H76N10O15/c1-32(2)44(52(72)58-33(3)50(70)60-37-11-9-34(10-12-37)31-75-6)61-51(71)40-14-13-38(29-41(40)78-54-47(69)45(67)46(68)48(79-54)53(73)74)59-42(65)18-24-76-26-27-77-25-20-56-36-15-21-63(22-16-36)43(66)17-23-64-39(30-62(5)55-4)28-35-8-7-19-57-49(35)64/h7-14,19,28-29,32-33,36,44-48,54-56,67-69H,15-18,20-27,30-31H2,1-6H3,(H,58,72)(H,59,65)(H,60,70)(H,61,71)(H,73,74)/t33-,44-,45-,46-,47+,48-,54+/m0/s1. The molecule has 25 nitrogen and oxygen atoms in total. The highest BCUT2D eigenvalue weighted by Gasteiger charge is 2.48. The number of likely N-dealkylation sites (tertiary alicyclic amines) is 1. The molecule has 2 fully saturated rings. The van der Waals surface area contributed by atoms with Crippen molar-refractivity contribution in [3.05, 3.63) is 83.7 Å². The summed E-state index contributed by atoms with van der Waals surface area (Å²) in [5, 5.41) is 58.3. The van der Waals surface area contributed by atoms with Gasteiger partial charge in [-0.2, -0.15) is 0 Å². The van der Waals surface area contributed by atoms with Gasteiger partial charge in [0.05, 0.1) is 51.6 Å². The Morgan fingerprint density at radius 1 is 0.835 bits per heavy atom. The Hall–Kier alpha value is -6.65. The van der Waals surface area contributed by atoms with Crippen molar-refractivity contribution in [3.63, 3.8) is 0 Å². The number of carboxylic acid groups (broad SMARTS) is 1. The number of piperidine rings is 1. The number of carbonyl (C=O) groups excluding carboxylic acids is 5. The first-order chi connectivity index (χ1) is 37.9. The fourth-order valence-electron chi connectivity index (χ4n) is 8.97. The number of nitrogens with one attached hydrogen (secondary N) is 6. The number of benzene rings is 2. The first-order valence-electron chi connectivity index (χ1n) is 26.4. The third kappa shape index (κ3) is 17.7. The summed E-state index contributed by atoms with van der Waals surface area (Å²) in [4.78, 5) is 85.3. The molecule has 4 heterocycles. The number of amides is 5. The number of aliphatic hydroxyl groups excluding tert-OH is 3. The maximum absolute atomic E-state index is 14.0. The third-order valence-corrected chi connectivity index (χ3v) is 13.5. The van der Waals surface area contributed by atoms with E-state index in [-0.39, 0.29) is 55.2 Å². The van der Waals surface area contributed by atoms with Gasteiger partial charge >= 0.3 is 5.97 Å². The SMILES string of the molecule is CNN(C)Cc1cc2cccnc2n1CCC(=O)N1CCC(NCCOCCOCCC(=O)Nc2ccc(C(=O)N[C@H](C(=O)N[C@@H](C)C(=O)Nc3ccc(COC)cc3)C(C)C)c(O[C@@H]3O[C@H](C(=O)O)[C@@H](O)[C@H](O)[C@H]3O)c2)CC1. The lowest BCUT2D eigenvalue weighted by Gasteiger charge is -2.38. The first kappa shape index (κ1) is 61.6. The van der Waals surface area contributed by atoms with Gasteiger partial charge in [-0.1, -0.05) is 26.0 Å². The molecule has 2 aliphatic rings. The van der Waals surface area contributed by atoms with Crippen LogP contribution >= 0.6 is 0 Å². The number of pyridine rings is 1. The zero-order chi connectivity index (χ0) is 57.2. The smallest absolute Gasteiger partial charge is 0.335 e. The molecule has 4 aromatic rings. The molecule has 6 rings (SSSR count). The van der Waals surface area contributed by atoms with Crippen LogP contribution in [0.3, 0.4) is 0 Å². The Kier molecular flexibility index (Phi) is 23.4. The van der Waals surface area contributed by atoms with Crippen LogP contribution in [-0.2, 0) is 62.6 Å². The number of ether oxygens (including phenoxy) is 5. The van der Waals surface area contributed by atoms with Crippen molar-refractivity contribution >= 4 is 57.9 Å². The molecule has 2 aromatic heterocycles. The van der Waals surface area contributed by atoms with E-state index < -0.39 is 78.3 Å². The lowest BCUT2D eigenvalue weighted by molar-refractivity contribution is -0.271. The molecule has 5 amide bonds. The molecule has 79 heavy (non-hydrogen) atoms. The van der Waals surface area contributed by atoms with E-state index in [4.69, 9.17) is 23.7 Å². The number of anilines is 2. The number of hydrogen-bond donors (Lipinski definition) is 10. The number of rotatable bonds is 29. The average molecular weight is 1110 g/mol. The summed E-state index contributed by atoms with van der Waals surface area (Å²) in [5.74, 6) is -5.02. The summed E-state index contributed by atoms with van der Waals surface area (Å²) in [5.41, 5.74) is 6.29. The average Bonchev–Trinajstić information content (AvgIpc) is 3.85. The van der Waals surface area contributed by atoms with E-state index >= 15 is 0 Å². The van der Waals surface area contributed by atoms with E-state index in [1.165, 1.54) is 25.1 Å². The number of hydrazine groups is 1. The quantitative estimate of drug-likeness (QED) is 0.0267. The number of nitrogens with zero attached hydrogens (tertiary/aromatic N) is 4. The van der Waals surface area contributed by atoms with E-state index in [1.807, 2.05) is 36.1 Å². The Morgan fingerprint density at radius 2 is 1.54 bits per heavy atom. The summed E-state index contributed by atoms with van der Waals surface area (Å²) in [6, 6.07) is 14.8. The summed E-state index contributed by atoms with van der Waals surface area (Å²) >= 11 is 0. The largest absolute Gasteiger partial charge is 0.479 e. The zero-order valence-electron chi connectivity index (χ0n) is 45.5. The van der Waals surface area contributed by atoms with Crippen LogP contribution in [0, 0.1) is 5.92 Å². The summed E-state index contributed by atoms with van der Waals surface area (Å²) in [7, 11) is 5.40. The van der Waals surface area contributed by atoms with E-state index in [9.17, 15) is 49.2 Å². The van der Waals surface area contributed by atoms with Crippen LogP contribution < -0.4 is 36.7 Å². The van der Waals surface area contributed by atoms with E-state index in [0.29, 0.717) is 58.0 Å². The Bertz CT molecular complexity index is 2670. The van der Waals surface area contributed by atoms with Crippen molar-refractivity contribution in [1.82, 2.24) is 40.8 Å². The monoisotopic (exact) mass is 1100 g/mol. The summed E-state index contributed by atoms with van der Waals surface area (Å²) in [6.07, 6.45) is -6.30. The van der Waals surface area contributed by atoms with E-state index in [1.54, 1.807) is 51.4 Å². The summed E-state index contributed by atoms with van der Waals surface area (Å²) < 4.78 is 29.7. The molecule has 0 radical (unpaired) electrons. The van der Waals surface area contributed by atoms with Crippen LogP contribution in [-0.4, -0.2) is 191 Å². The number of carbonyl (C=O) groups is 6. The van der Waals surface area contributed by atoms with Crippen LogP contribution in [0.4, 0.5) is 11.4 Å². The molecule has 0 saturated carbocycles. The molecule has 0 spiro atoms. The minimum atomic E-state index is -2.03. The second kappa shape index (κ2) is 30.1. The van der Waals surface area contributed by atoms with Crippen molar-refractivity contribution in [2.75, 3.05) is 77.9 Å². The molecule has 25 heteroatoms. The van der Waals surface area contributed by atoms with Crippen LogP contribution in [0.1, 0.15) is 68.1 Å². The van der Waals surface area contributed by atoms with Gasteiger partial charge in [0.15, 0.2) is 6.10 Å². The van der Waals surface area contributed by atoms with Crippen molar-refractivity contribution in [2.45, 2.75) is 115 Å². The third-order valence-electron chi connectivity index (χ3n) is 13.5. The maximum Gasteiger partial charge on any atom is 0.335 e. The van der Waals surface area contributed by atoms with Gasteiger partial charge in [-0.25, -0.2) is 14.8 Å². The molecule has 432 valence electrons. The van der Waals surface area contributed by atoms with Crippen LogP contribution in [0.2, 0.25) is 0 Å². The number of aliphatic carboxylic acids is 1. The fraction of sp³-hybridized carbons (Fsp3) is 0.537. The molecule has 2 aliphatic heterocycles. The highest BCUT2D eigenvalue weighted by atomic mass is 16.7. The van der Waals surface area contributed by atoms with Crippen LogP contribution in [0.25, 0.3) is 11.0 Å². The van der Waals surface area contributed by atoms with E-state index in [0.717, 1.165) is 35.1 Å². The van der Waals surface area contributed by atoms with Gasteiger partial charge in [-0.05, 0) is 80.8 Å². The van der Waals surface area contributed by atoms with Gasteiger partial charge in [-0.3, -0.25) is 29.4 Å². The van der Waals surface area contributed by atoms with Gasteiger partial charge in [0, 0.05) is 87.5 Å². The van der Waals surface area contributed by atoms with Crippen molar-refractivity contribution in [2.24, 2.45) is 5.92 Å². The number of fused-ring (bicyclic) bond motifs is 1. The second-order valence-corrected chi connectivity index (χ2v) is 19.8. The lowest BCUT2D eigenvalue weighted by Crippen LogP contribution is -2.61. The van der Waals surface area contributed by atoms with Gasteiger partial charge in [-0.15, -0.1) is 0 Å². The molecule has 2 saturated heterocycles. The maximum atomic E-state index is 14.0. The van der Waals surface area contributed by atoms with Gasteiger partial charge in [0.1, 0.15) is 41.8 Å². The van der Waals surface area contributed by atoms with Gasteiger partial charge in [0.2, 0.25) is 29.9 Å². The minimum Gasteiger partial charge on any atom is -0.479 e. The number of hydrogen-bond acceptors (Lipinski definition) is 18. The second-order valence-electron chi connectivity index (χ2n) is 19.8. The van der Waals surface area contributed by atoms with Crippen molar-refractivity contribution in [3.8, 4) is 5.75 Å². The molecule has 0 unspecified atom stereocenters. The van der Waals surface area contributed by atoms with Crippen molar-refractivity contribution < 1.29 is 72.9 Å². The van der Waals surface area contributed by atoms with Gasteiger partial charge in [0.25, 0.3) is 5.91 Å². The molecular weight excluding hydrogens is 1030 g/mol. The van der Waals surface area contributed by atoms with Gasteiger partial charge < -0.3 is 80.2 Å². The number of aromatic nitrogens is 2. The molecule has 10 N–H and O–H groups in total. The zero-order valence-corrected chi connectivity index (χ0v) is 45.5. The molecule has 0 aliphatic carbocycles. The predicted molar refractivity (Wildman–Crippen MR) is 288 cm³/mol. The van der Waals surface area contributed by atoms with Crippen LogP contribution in [0.15, 0.2) is 66.9 Å². The van der Waals surface area contributed by atoms with Crippen molar-refractivity contribution in [1.29, 1.82) is 0 Å². The first-order valence-corrected chi connectivity index (χ1v) is 26.4. The Labute approximate surface area is 458 Å². The number of aryl methyl sites for hydroxylation is 1. The molecule has 2 aromatic carbocycles. The number of aliphatic hydroxyl groups is 3. The molecule has 7 atom stereocenters. The fourth-order valence-corrected chi connectivity index (χ4v) is 8.97. The minimum absolute atomic E-state index is 0.0299. The highest BCUT2D eigenvalue weighted by molar-refractivity contribution is 6.02. The predicted octanol–water partition coefficient (Wildman–Crippen LogP) is 0.950. The molecular formula is C54H76N10O15.